The quantitative estimate of drug-likeness (QED) is 0.668. The van der Waals surface area contributed by atoms with Crippen LogP contribution in [0.5, 0.6) is 0 Å². The molecular formula is C14H28N2OS. The van der Waals surface area contributed by atoms with Gasteiger partial charge in [0.2, 0.25) is 5.91 Å². The largest absolute Gasteiger partial charge is 0.353 e. The van der Waals surface area contributed by atoms with Crippen molar-refractivity contribution in [2.24, 2.45) is 11.7 Å². The fraction of sp³-hybridized carbons (Fsp3) is 0.929. The van der Waals surface area contributed by atoms with Gasteiger partial charge in [0.05, 0.1) is 0 Å². The molecule has 0 aromatic carbocycles. The molecule has 4 heteroatoms. The summed E-state index contributed by atoms with van der Waals surface area (Å²) in [6.45, 7) is 2.90. The minimum Gasteiger partial charge on any atom is -0.353 e. The van der Waals surface area contributed by atoms with Gasteiger partial charge in [-0.05, 0) is 37.5 Å². The van der Waals surface area contributed by atoms with Crippen LogP contribution >= 0.6 is 11.8 Å². The van der Waals surface area contributed by atoms with Crippen molar-refractivity contribution in [1.29, 1.82) is 0 Å². The van der Waals surface area contributed by atoms with Crippen molar-refractivity contribution in [3.05, 3.63) is 0 Å². The van der Waals surface area contributed by atoms with Crippen molar-refractivity contribution >= 4 is 17.7 Å². The van der Waals surface area contributed by atoms with Crippen molar-refractivity contribution < 1.29 is 4.79 Å². The number of carbonyl (C=O) groups excluding carboxylic acids is 1. The average Bonchev–Trinajstić information content (AvgIpc) is 2.39. The smallest absolute Gasteiger partial charge is 0.221 e. The first-order valence-electron chi connectivity index (χ1n) is 7.35. The molecule has 2 atom stereocenters. The van der Waals surface area contributed by atoms with Gasteiger partial charge >= 0.3 is 0 Å². The molecule has 0 radical (unpaired) electrons. The summed E-state index contributed by atoms with van der Waals surface area (Å²) in [6.07, 6.45) is 7.92. The molecular weight excluding hydrogens is 244 g/mol. The van der Waals surface area contributed by atoms with Crippen LogP contribution < -0.4 is 11.1 Å². The molecule has 0 aromatic rings. The van der Waals surface area contributed by atoms with E-state index in [1.807, 2.05) is 11.8 Å². The van der Waals surface area contributed by atoms with E-state index in [2.05, 4.69) is 12.2 Å². The topological polar surface area (TPSA) is 55.1 Å². The van der Waals surface area contributed by atoms with Gasteiger partial charge in [-0.1, -0.05) is 26.2 Å². The van der Waals surface area contributed by atoms with Crippen LogP contribution in [0.4, 0.5) is 0 Å². The first-order valence-corrected chi connectivity index (χ1v) is 8.50. The Hall–Kier alpha value is -0.220. The minimum absolute atomic E-state index is 0.212. The Morgan fingerprint density at radius 2 is 2.11 bits per heavy atom. The Morgan fingerprint density at radius 1 is 1.33 bits per heavy atom. The zero-order chi connectivity index (χ0) is 13.2. The highest BCUT2D eigenvalue weighted by Gasteiger charge is 2.24. The number of thioether (sulfide) groups is 1. The van der Waals surface area contributed by atoms with Gasteiger partial charge in [-0.15, -0.1) is 0 Å². The number of amides is 1. The number of unbranched alkanes of at least 4 members (excludes halogenated alkanes) is 1. The Kier molecular flexibility index (Phi) is 8.51. The molecule has 0 aromatic heterocycles. The van der Waals surface area contributed by atoms with Crippen LogP contribution in [0.15, 0.2) is 0 Å². The van der Waals surface area contributed by atoms with Crippen molar-refractivity contribution in [3.8, 4) is 0 Å². The maximum Gasteiger partial charge on any atom is 0.221 e. The summed E-state index contributed by atoms with van der Waals surface area (Å²) in [5.74, 6) is 2.84. The van der Waals surface area contributed by atoms with E-state index in [9.17, 15) is 4.79 Å². The lowest BCUT2D eigenvalue weighted by Crippen LogP contribution is -2.44. The fourth-order valence-corrected chi connectivity index (χ4v) is 3.50. The average molecular weight is 272 g/mol. The van der Waals surface area contributed by atoms with Gasteiger partial charge in [-0.25, -0.2) is 0 Å². The van der Waals surface area contributed by atoms with E-state index in [-0.39, 0.29) is 5.91 Å². The minimum atomic E-state index is 0.212. The van der Waals surface area contributed by atoms with E-state index in [1.54, 1.807) is 0 Å². The van der Waals surface area contributed by atoms with E-state index < -0.39 is 0 Å². The number of nitrogens with two attached hydrogens (primary N) is 1. The molecule has 0 aliphatic heterocycles. The van der Waals surface area contributed by atoms with Crippen LogP contribution in [-0.4, -0.2) is 30.0 Å². The zero-order valence-corrected chi connectivity index (χ0v) is 12.4. The van der Waals surface area contributed by atoms with Crippen molar-refractivity contribution in [3.63, 3.8) is 0 Å². The first kappa shape index (κ1) is 15.8. The molecule has 3 nitrogen and oxygen atoms in total. The molecule has 1 rings (SSSR count). The Bertz CT molecular complexity index is 236. The van der Waals surface area contributed by atoms with Crippen LogP contribution in [0.25, 0.3) is 0 Å². The molecule has 1 aliphatic rings. The highest BCUT2D eigenvalue weighted by atomic mass is 32.2. The third-order valence-corrected chi connectivity index (χ3v) is 4.74. The summed E-state index contributed by atoms with van der Waals surface area (Å²) in [6, 6.07) is 0.330. The Labute approximate surface area is 116 Å². The second-order valence-electron chi connectivity index (χ2n) is 5.17. The number of hydrogen-bond acceptors (Lipinski definition) is 3. The summed E-state index contributed by atoms with van der Waals surface area (Å²) < 4.78 is 0. The monoisotopic (exact) mass is 272 g/mol. The summed E-state index contributed by atoms with van der Waals surface area (Å²) in [5.41, 5.74) is 5.77. The second-order valence-corrected chi connectivity index (χ2v) is 6.39. The third-order valence-electron chi connectivity index (χ3n) is 3.67. The molecule has 1 saturated carbocycles. The van der Waals surface area contributed by atoms with Gasteiger partial charge < -0.3 is 11.1 Å². The molecule has 1 amide bonds. The van der Waals surface area contributed by atoms with Crippen LogP contribution in [0.3, 0.4) is 0 Å². The van der Waals surface area contributed by atoms with Gasteiger partial charge in [0, 0.05) is 18.2 Å². The summed E-state index contributed by atoms with van der Waals surface area (Å²) >= 11 is 1.89. The highest BCUT2D eigenvalue weighted by molar-refractivity contribution is 7.99. The number of rotatable bonds is 8. The molecule has 2 unspecified atom stereocenters. The van der Waals surface area contributed by atoms with Crippen molar-refractivity contribution in [2.75, 3.05) is 18.1 Å². The predicted octanol–water partition coefficient (Wildman–Crippen LogP) is 2.54. The highest BCUT2D eigenvalue weighted by Crippen LogP contribution is 2.23. The van der Waals surface area contributed by atoms with Crippen LogP contribution in [0.1, 0.15) is 51.9 Å². The van der Waals surface area contributed by atoms with Gasteiger partial charge in [0.15, 0.2) is 0 Å². The SMILES string of the molecule is CCCCSCCC(=O)NC1CCCCC1CN. The van der Waals surface area contributed by atoms with Gasteiger partial charge in [-0.3, -0.25) is 4.79 Å². The molecule has 18 heavy (non-hydrogen) atoms. The van der Waals surface area contributed by atoms with Crippen LogP contribution in [0, 0.1) is 5.92 Å². The summed E-state index contributed by atoms with van der Waals surface area (Å²) in [4.78, 5) is 11.8. The van der Waals surface area contributed by atoms with E-state index in [0.29, 0.717) is 24.9 Å². The van der Waals surface area contributed by atoms with Gasteiger partial charge in [0.1, 0.15) is 0 Å². The summed E-state index contributed by atoms with van der Waals surface area (Å²) in [7, 11) is 0. The molecule has 0 spiro atoms. The lowest BCUT2D eigenvalue weighted by molar-refractivity contribution is -0.121. The maximum atomic E-state index is 11.8. The molecule has 1 aliphatic carbocycles. The Balaban J connectivity index is 2.14. The summed E-state index contributed by atoms with van der Waals surface area (Å²) in [5, 5.41) is 3.18. The standard InChI is InChI=1S/C14H28N2OS/c1-2-3-9-18-10-8-14(17)16-13-7-5-4-6-12(13)11-15/h12-13H,2-11,15H2,1H3,(H,16,17). The normalized spacial score (nSPS) is 23.9. The molecule has 106 valence electrons. The van der Waals surface area contributed by atoms with Crippen LogP contribution in [0.2, 0.25) is 0 Å². The Morgan fingerprint density at radius 3 is 2.83 bits per heavy atom. The van der Waals surface area contributed by atoms with Gasteiger partial charge in [0.25, 0.3) is 0 Å². The van der Waals surface area contributed by atoms with E-state index in [4.69, 9.17) is 5.73 Å². The van der Waals surface area contributed by atoms with Crippen molar-refractivity contribution in [2.45, 2.75) is 57.9 Å². The fourth-order valence-electron chi connectivity index (χ4n) is 2.47. The van der Waals surface area contributed by atoms with E-state index in [1.165, 1.54) is 37.9 Å². The van der Waals surface area contributed by atoms with E-state index in [0.717, 1.165) is 12.2 Å². The molecule has 3 N–H and O–H groups in total. The molecule has 1 fully saturated rings. The number of nitrogens with one attached hydrogen (secondary N) is 1. The zero-order valence-electron chi connectivity index (χ0n) is 11.6. The number of carbonyl (C=O) groups is 1. The maximum absolute atomic E-state index is 11.8. The molecule has 0 heterocycles. The lowest BCUT2D eigenvalue weighted by Gasteiger charge is -2.31. The van der Waals surface area contributed by atoms with Gasteiger partial charge in [-0.2, -0.15) is 11.8 Å². The molecule has 0 saturated heterocycles. The van der Waals surface area contributed by atoms with E-state index >= 15 is 0 Å². The lowest BCUT2D eigenvalue weighted by atomic mass is 9.84. The number of hydrogen-bond donors (Lipinski definition) is 2. The van der Waals surface area contributed by atoms with Crippen molar-refractivity contribution in [1.82, 2.24) is 5.32 Å². The van der Waals surface area contributed by atoms with Crippen LogP contribution in [-0.2, 0) is 4.79 Å². The first-order chi connectivity index (χ1) is 8.77. The second kappa shape index (κ2) is 9.68. The third kappa shape index (κ3) is 6.10. The predicted molar refractivity (Wildman–Crippen MR) is 79.8 cm³/mol. The molecule has 0 bridgehead atoms.